The molecule has 2 aromatic carbocycles. The number of nitro groups is 1. The number of pyridine rings is 1. The third-order valence-corrected chi connectivity index (χ3v) is 5.04. The van der Waals surface area contributed by atoms with Crippen molar-refractivity contribution in [3.05, 3.63) is 99.9 Å². The average molecular weight is 419 g/mol. The molecule has 1 atom stereocenters. The van der Waals surface area contributed by atoms with E-state index >= 15 is 0 Å². The number of carbonyl (C=O) groups excluding carboxylic acids is 1. The number of nitrogens with zero attached hydrogens (tertiary/aromatic N) is 3. The molecule has 0 saturated carbocycles. The summed E-state index contributed by atoms with van der Waals surface area (Å²) in [6.07, 6.45) is 0.897. The van der Waals surface area contributed by atoms with Gasteiger partial charge in [-0.2, -0.15) is 0 Å². The molecule has 1 aromatic heterocycles. The van der Waals surface area contributed by atoms with E-state index in [1.807, 2.05) is 41.3 Å². The normalized spacial score (nSPS) is 14.6. The second-order valence-corrected chi connectivity index (χ2v) is 7.01. The zero-order valence-electron chi connectivity index (χ0n) is 16.7. The van der Waals surface area contributed by atoms with Crippen LogP contribution in [0.2, 0.25) is 0 Å². The molecule has 0 N–H and O–H groups in total. The maximum atomic E-state index is 13.0. The highest BCUT2D eigenvalue weighted by molar-refractivity contribution is 5.91. The molecule has 4 rings (SSSR count). The second kappa shape index (κ2) is 9.36. The molecule has 1 aliphatic rings. The Morgan fingerprint density at radius 1 is 1.06 bits per heavy atom. The molecule has 31 heavy (non-hydrogen) atoms. The Kier molecular flexibility index (Phi) is 6.18. The number of morpholine rings is 1. The molecule has 3 aromatic rings. The van der Waals surface area contributed by atoms with E-state index in [0.29, 0.717) is 37.7 Å². The summed E-state index contributed by atoms with van der Waals surface area (Å²) in [5.41, 5.74) is 1.77. The van der Waals surface area contributed by atoms with Gasteiger partial charge in [0.1, 0.15) is 5.69 Å². The molecule has 0 bridgehead atoms. The van der Waals surface area contributed by atoms with E-state index in [4.69, 9.17) is 9.47 Å². The Morgan fingerprint density at radius 3 is 2.48 bits per heavy atom. The number of ether oxygens (including phenoxy) is 2. The third-order valence-electron chi connectivity index (χ3n) is 5.04. The molecule has 158 valence electrons. The summed E-state index contributed by atoms with van der Waals surface area (Å²) in [6.45, 7) is 2.12. The molecule has 1 fully saturated rings. The summed E-state index contributed by atoms with van der Waals surface area (Å²) in [6, 6.07) is 19.0. The van der Waals surface area contributed by atoms with Crippen molar-refractivity contribution in [2.24, 2.45) is 0 Å². The molecule has 8 heteroatoms. The number of anilines is 1. The zero-order chi connectivity index (χ0) is 21.6. The molecule has 0 spiro atoms. The summed E-state index contributed by atoms with van der Waals surface area (Å²) >= 11 is 0. The Morgan fingerprint density at radius 2 is 1.81 bits per heavy atom. The minimum atomic E-state index is -0.729. The third kappa shape index (κ3) is 4.70. The van der Waals surface area contributed by atoms with Crippen LogP contribution in [0, 0.1) is 10.1 Å². The first-order valence-corrected chi connectivity index (χ1v) is 9.91. The molecular formula is C23H21N3O5. The topological polar surface area (TPSA) is 94.8 Å². The number of rotatable bonds is 6. The number of esters is 1. The molecule has 1 aliphatic heterocycles. The first-order valence-electron chi connectivity index (χ1n) is 9.91. The predicted octanol–water partition coefficient (Wildman–Crippen LogP) is 3.77. The van der Waals surface area contributed by atoms with Gasteiger partial charge in [0.2, 0.25) is 0 Å². The van der Waals surface area contributed by atoms with E-state index in [9.17, 15) is 14.9 Å². The fourth-order valence-electron chi connectivity index (χ4n) is 3.50. The Labute approximate surface area is 179 Å². The monoisotopic (exact) mass is 419 g/mol. The van der Waals surface area contributed by atoms with Crippen LogP contribution in [0.4, 0.5) is 11.4 Å². The van der Waals surface area contributed by atoms with Crippen molar-refractivity contribution in [3.8, 4) is 0 Å². The molecule has 0 radical (unpaired) electrons. The lowest BCUT2D eigenvalue weighted by molar-refractivity contribution is -0.384. The first-order chi connectivity index (χ1) is 15.1. The minimum absolute atomic E-state index is 0.112. The standard InChI is InChI=1S/C23H21N3O5/c27-23(31-22(17-6-2-1-3-7-17)19-8-4-5-11-24-19)18-9-10-20(21(16-18)26(28)29)25-12-14-30-15-13-25/h1-11,16,22H,12-15H2. The van der Waals surface area contributed by atoms with Crippen LogP contribution >= 0.6 is 0 Å². The van der Waals surface area contributed by atoms with Gasteiger partial charge < -0.3 is 14.4 Å². The van der Waals surface area contributed by atoms with E-state index in [2.05, 4.69) is 4.98 Å². The van der Waals surface area contributed by atoms with E-state index in [0.717, 1.165) is 5.56 Å². The fraction of sp³-hybridized carbons (Fsp3) is 0.217. The quantitative estimate of drug-likeness (QED) is 0.341. The van der Waals surface area contributed by atoms with Crippen molar-refractivity contribution in [1.82, 2.24) is 4.98 Å². The lowest BCUT2D eigenvalue weighted by Crippen LogP contribution is -2.36. The van der Waals surface area contributed by atoms with Crippen LogP contribution in [0.15, 0.2) is 72.9 Å². The van der Waals surface area contributed by atoms with Gasteiger partial charge in [0.15, 0.2) is 6.10 Å². The van der Waals surface area contributed by atoms with Crippen molar-refractivity contribution in [2.45, 2.75) is 6.10 Å². The number of aromatic nitrogens is 1. The van der Waals surface area contributed by atoms with Crippen LogP contribution in [0.1, 0.15) is 27.7 Å². The van der Waals surface area contributed by atoms with Gasteiger partial charge in [0, 0.05) is 25.4 Å². The first kappa shape index (κ1) is 20.5. The summed E-state index contributed by atoms with van der Waals surface area (Å²) in [7, 11) is 0. The molecule has 1 unspecified atom stereocenters. The van der Waals surface area contributed by atoms with Gasteiger partial charge in [-0.05, 0) is 29.8 Å². The lowest BCUT2D eigenvalue weighted by Gasteiger charge is -2.28. The highest BCUT2D eigenvalue weighted by atomic mass is 16.6. The van der Waals surface area contributed by atoms with Crippen molar-refractivity contribution >= 4 is 17.3 Å². The summed E-state index contributed by atoms with van der Waals surface area (Å²) < 4.78 is 11.1. The minimum Gasteiger partial charge on any atom is -0.447 e. The SMILES string of the molecule is O=C(OC(c1ccccc1)c1ccccn1)c1ccc(N2CCOCC2)c([N+](=O)[O-])c1. The van der Waals surface area contributed by atoms with Gasteiger partial charge in [-0.25, -0.2) is 4.79 Å². The van der Waals surface area contributed by atoms with Gasteiger partial charge in [-0.1, -0.05) is 36.4 Å². The van der Waals surface area contributed by atoms with E-state index in [1.165, 1.54) is 6.07 Å². The highest BCUT2D eigenvalue weighted by Gasteiger charge is 2.26. The number of benzene rings is 2. The second-order valence-electron chi connectivity index (χ2n) is 7.01. The van der Waals surface area contributed by atoms with E-state index in [1.54, 1.807) is 30.5 Å². The van der Waals surface area contributed by atoms with E-state index < -0.39 is 17.0 Å². The fourth-order valence-corrected chi connectivity index (χ4v) is 3.50. The van der Waals surface area contributed by atoms with Gasteiger partial charge in [0.05, 0.1) is 29.4 Å². The van der Waals surface area contributed by atoms with Crippen LogP contribution in [0.3, 0.4) is 0 Å². The Hall–Kier alpha value is -3.78. The van der Waals surface area contributed by atoms with Crippen molar-refractivity contribution < 1.29 is 19.2 Å². The Balaban J connectivity index is 1.63. The molecule has 0 aliphatic carbocycles. The van der Waals surface area contributed by atoms with Crippen LogP contribution in [0.25, 0.3) is 0 Å². The molecule has 0 amide bonds. The molecule has 2 heterocycles. The maximum absolute atomic E-state index is 13.0. The largest absolute Gasteiger partial charge is 0.447 e. The Bertz CT molecular complexity index is 1010. The maximum Gasteiger partial charge on any atom is 0.339 e. The number of carbonyl (C=O) groups is 1. The van der Waals surface area contributed by atoms with Crippen LogP contribution in [-0.2, 0) is 9.47 Å². The van der Waals surface area contributed by atoms with Crippen molar-refractivity contribution in [3.63, 3.8) is 0 Å². The van der Waals surface area contributed by atoms with Crippen LogP contribution in [-0.4, -0.2) is 42.2 Å². The highest BCUT2D eigenvalue weighted by Crippen LogP contribution is 2.31. The molecular weight excluding hydrogens is 398 g/mol. The zero-order valence-corrected chi connectivity index (χ0v) is 16.7. The summed E-state index contributed by atoms with van der Waals surface area (Å²) in [4.78, 5) is 30.4. The summed E-state index contributed by atoms with van der Waals surface area (Å²) in [5.74, 6) is -0.656. The van der Waals surface area contributed by atoms with Gasteiger partial charge >= 0.3 is 5.97 Å². The van der Waals surface area contributed by atoms with Gasteiger partial charge in [-0.3, -0.25) is 15.1 Å². The van der Waals surface area contributed by atoms with Crippen molar-refractivity contribution in [2.75, 3.05) is 31.2 Å². The summed E-state index contributed by atoms with van der Waals surface area (Å²) in [5, 5.41) is 11.7. The van der Waals surface area contributed by atoms with Crippen LogP contribution < -0.4 is 4.90 Å². The lowest BCUT2D eigenvalue weighted by atomic mass is 10.1. The van der Waals surface area contributed by atoms with Crippen molar-refractivity contribution in [1.29, 1.82) is 0 Å². The average Bonchev–Trinajstić information content (AvgIpc) is 2.83. The number of hydrogen-bond acceptors (Lipinski definition) is 7. The number of hydrogen-bond donors (Lipinski definition) is 0. The predicted molar refractivity (Wildman–Crippen MR) is 114 cm³/mol. The van der Waals surface area contributed by atoms with Gasteiger partial charge in [-0.15, -0.1) is 0 Å². The van der Waals surface area contributed by atoms with Gasteiger partial charge in [0.25, 0.3) is 5.69 Å². The molecule has 1 saturated heterocycles. The van der Waals surface area contributed by atoms with E-state index in [-0.39, 0.29) is 11.3 Å². The van der Waals surface area contributed by atoms with Crippen LogP contribution in [0.5, 0.6) is 0 Å². The number of nitro benzene ring substituents is 1. The molecule has 8 nitrogen and oxygen atoms in total. The smallest absolute Gasteiger partial charge is 0.339 e.